The first kappa shape index (κ1) is 13.2. The molecule has 0 atom stereocenters. The number of nitrogen functional groups attached to an aromatic ring is 1. The Bertz CT molecular complexity index is 626. The maximum Gasteiger partial charge on any atom is 0.113 e. The minimum atomic E-state index is 0.0206. The summed E-state index contributed by atoms with van der Waals surface area (Å²) in [5.74, 6) is 6.19. The molecule has 0 bridgehead atoms. The molecule has 1 aromatic heterocycles. The van der Waals surface area contributed by atoms with Crippen LogP contribution in [0, 0.1) is 11.8 Å². The van der Waals surface area contributed by atoms with Crippen LogP contribution < -0.4 is 5.73 Å². The lowest BCUT2D eigenvalue weighted by Gasteiger charge is -2.21. The fourth-order valence-electron chi connectivity index (χ4n) is 1.86. The molecule has 0 aliphatic carbocycles. The molecule has 2 rings (SSSR count). The van der Waals surface area contributed by atoms with Gasteiger partial charge in [0.1, 0.15) is 5.69 Å². The van der Waals surface area contributed by atoms with E-state index in [2.05, 4.69) is 43.7 Å². The van der Waals surface area contributed by atoms with Crippen molar-refractivity contribution >= 4 is 5.69 Å². The smallest absolute Gasteiger partial charge is 0.113 e. The predicted molar refractivity (Wildman–Crippen MR) is 79.8 cm³/mol. The van der Waals surface area contributed by atoms with E-state index in [0.29, 0.717) is 0 Å². The monoisotopic (exact) mass is 250 g/mol. The molecule has 2 heteroatoms. The second kappa shape index (κ2) is 5.16. The highest BCUT2D eigenvalue weighted by molar-refractivity contribution is 5.55. The Balaban J connectivity index is 2.36. The summed E-state index contributed by atoms with van der Waals surface area (Å²) in [7, 11) is 0. The Kier molecular flexibility index (Phi) is 3.57. The highest BCUT2D eigenvalue weighted by Crippen LogP contribution is 2.28. The van der Waals surface area contributed by atoms with E-state index in [4.69, 9.17) is 5.73 Å². The number of anilines is 1. The Morgan fingerprint density at radius 1 is 1.05 bits per heavy atom. The molecule has 0 unspecified atom stereocenters. The van der Waals surface area contributed by atoms with Crippen LogP contribution in [0.2, 0.25) is 0 Å². The topological polar surface area (TPSA) is 38.9 Å². The number of nitrogens with zero attached hydrogens (tertiary/aromatic N) is 1. The van der Waals surface area contributed by atoms with Crippen molar-refractivity contribution in [2.24, 2.45) is 0 Å². The molecule has 2 N–H and O–H groups in total. The molecule has 1 aromatic carbocycles. The summed E-state index contributed by atoms with van der Waals surface area (Å²) in [5.41, 5.74) is 9.72. The van der Waals surface area contributed by atoms with Crippen molar-refractivity contribution in [2.75, 3.05) is 5.73 Å². The molecule has 2 nitrogen and oxygen atoms in total. The van der Waals surface area contributed by atoms with E-state index in [9.17, 15) is 0 Å². The molecule has 2 aromatic rings. The fourth-order valence-corrected chi connectivity index (χ4v) is 1.86. The maximum absolute atomic E-state index is 6.02. The zero-order valence-electron chi connectivity index (χ0n) is 11.6. The number of nitrogens with two attached hydrogens (primary N) is 1. The van der Waals surface area contributed by atoms with Crippen LogP contribution in [0.25, 0.3) is 0 Å². The third kappa shape index (κ3) is 3.35. The zero-order valence-corrected chi connectivity index (χ0v) is 11.6. The first-order chi connectivity index (χ1) is 8.97. The maximum atomic E-state index is 6.02. The molecular weight excluding hydrogens is 232 g/mol. The Morgan fingerprint density at radius 3 is 2.47 bits per heavy atom. The third-order valence-electron chi connectivity index (χ3n) is 2.86. The summed E-state index contributed by atoms with van der Waals surface area (Å²) in [6.07, 6.45) is 1.74. The molecule has 0 fully saturated rings. The summed E-state index contributed by atoms with van der Waals surface area (Å²) in [6, 6.07) is 11.6. The second-order valence-electron chi connectivity index (χ2n) is 5.52. The molecule has 0 aliphatic rings. The number of hydrogen-bond donors (Lipinski definition) is 1. The molecule has 0 aliphatic heterocycles. The summed E-state index contributed by atoms with van der Waals surface area (Å²) in [5, 5.41) is 0. The number of benzene rings is 1. The van der Waals surface area contributed by atoms with Gasteiger partial charge in [-0.2, -0.15) is 0 Å². The number of hydrogen-bond acceptors (Lipinski definition) is 2. The Labute approximate surface area is 114 Å². The van der Waals surface area contributed by atoms with Crippen LogP contribution in [0.3, 0.4) is 0 Å². The molecule has 0 amide bonds. The minimum Gasteiger partial charge on any atom is -0.398 e. The fraction of sp³-hybridized carbons (Fsp3) is 0.235. The molecule has 0 spiro atoms. The average molecular weight is 250 g/mol. The van der Waals surface area contributed by atoms with Gasteiger partial charge in [0, 0.05) is 17.4 Å². The van der Waals surface area contributed by atoms with Crippen LogP contribution in [-0.4, -0.2) is 4.98 Å². The van der Waals surface area contributed by atoms with E-state index < -0.39 is 0 Å². The molecule has 19 heavy (non-hydrogen) atoms. The molecule has 0 radical (unpaired) electrons. The summed E-state index contributed by atoms with van der Waals surface area (Å²) >= 11 is 0. The third-order valence-corrected chi connectivity index (χ3v) is 2.86. The molecule has 0 saturated carbocycles. The van der Waals surface area contributed by atoms with Crippen molar-refractivity contribution in [2.45, 2.75) is 26.2 Å². The quantitative estimate of drug-likeness (QED) is 0.575. The highest BCUT2D eigenvalue weighted by Gasteiger charge is 2.16. The predicted octanol–water partition coefficient (Wildman–Crippen LogP) is 3.36. The lowest BCUT2D eigenvalue weighted by molar-refractivity contribution is 0.592. The van der Waals surface area contributed by atoms with Crippen LogP contribution in [0.1, 0.15) is 37.6 Å². The van der Waals surface area contributed by atoms with E-state index in [1.54, 1.807) is 6.20 Å². The number of aromatic nitrogens is 1. The molecule has 0 saturated heterocycles. The average Bonchev–Trinajstić information content (AvgIpc) is 2.37. The highest BCUT2D eigenvalue weighted by atomic mass is 14.6. The van der Waals surface area contributed by atoms with Crippen molar-refractivity contribution in [1.82, 2.24) is 4.98 Å². The SMILES string of the molecule is CC(C)(C)c1cc(C#Cc2ccccn2)ccc1N. The van der Waals surface area contributed by atoms with E-state index >= 15 is 0 Å². The standard InChI is InChI=1S/C17H18N2/c1-17(2,3)15-12-13(8-10-16(15)18)7-9-14-6-4-5-11-19-14/h4-6,8,10-12H,18H2,1-3H3. The van der Waals surface area contributed by atoms with E-state index in [0.717, 1.165) is 22.5 Å². The molecule has 96 valence electrons. The van der Waals surface area contributed by atoms with Gasteiger partial charge in [0.15, 0.2) is 0 Å². The van der Waals surface area contributed by atoms with Gasteiger partial charge in [0.05, 0.1) is 0 Å². The van der Waals surface area contributed by atoms with Gasteiger partial charge < -0.3 is 5.73 Å². The van der Waals surface area contributed by atoms with Crippen molar-refractivity contribution in [3.8, 4) is 11.8 Å². The van der Waals surface area contributed by atoms with E-state index in [-0.39, 0.29) is 5.41 Å². The first-order valence-electron chi connectivity index (χ1n) is 6.30. The number of rotatable bonds is 0. The summed E-state index contributed by atoms with van der Waals surface area (Å²) in [4.78, 5) is 4.18. The molecular formula is C17H18N2. The van der Waals surface area contributed by atoms with E-state index in [1.807, 2.05) is 30.3 Å². The Morgan fingerprint density at radius 2 is 1.84 bits per heavy atom. The summed E-state index contributed by atoms with van der Waals surface area (Å²) in [6.45, 7) is 6.44. The van der Waals surface area contributed by atoms with E-state index in [1.165, 1.54) is 0 Å². The lowest BCUT2D eigenvalue weighted by atomic mass is 9.85. The summed E-state index contributed by atoms with van der Waals surface area (Å²) < 4.78 is 0. The first-order valence-corrected chi connectivity index (χ1v) is 6.30. The van der Waals surface area contributed by atoms with Crippen LogP contribution in [-0.2, 0) is 5.41 Å². The largest absolute Gasteiger partial charge is 0.398 e. The van der Waals surface area contributed by atoms with Crippen molar-refractivity contribution < 1.29 is 0 Å². The van der Waals surface area contributed by atoms with Gasteiger partial charge in [-0.25, -0.2) is 4.98 Å². The van der Waals surface area contributed by atoms with Crippen molar-refractivity contribution in [3.63, 3.8) is 0 Å². The van der Waals surface area contributed by atoms with Gasteiger partial charge in [-0.05, 0) is 47.2 Å². The minimum absolute atomic E-state index is 0.0206. The lowest BCUT2D eigenvalue weighted by Crippen LogP contribution is -2.14. The molecule has 1 heterocycles. The van der Waals surface area contributed by atoms with Crippen molar-refractivity contribution in [1.29, 1.82) is 0 Å². The van der Waals surface area contributed by atoms with Crippen molar-refractivity contribution in [3.05, 3.63) is 59.4 Å². The normalized spacial score (nSPS) is 10.7. The van der Waals surface area contributed by atoms with Crippen LogP contribution >= 0.6 is 0 Å². The second-order valence-corrected chi connectivity index (χ2v) is 5.52. The van der Waals surface area contributed by atoms with Gasteiger partial charge in [-0.3, -0.25) is 0 Å². The number of pyridine rings is 1. The van der Waals surface area contributed by atoms with Gasteiger partial charge in [-0.1, -0.05) is 32.8 Å². The van der Waals surface area contributed by atoms with Gasteiger partial charge in [0.25, 0.3) is 0 Å². The zero-order chi connectivity index (χ0) is 13.9. The van der Waals surface area contributed by atoms with Crippen LogP contribution in [0.15, 0.2) is 42.6 Å². The van der Waals surface area contributed by atoms with Gasteiger partial charge >= 0.3 is 0 Å². The van der Waals surface area contributed by atoms with Crippen LogP contribution in [0.4, 0.5) is 5.69 Å². The van der Waals surface area contributed by atoms with Crippen LogP contribution in [0.5, 0.6) is 0 Å². The van der Waals surface area contributed by atoms with Gasteiger partial charge in [0.2, 0.25) is 0 Å². The van der Waals surface area contributed by atoms with Gasteiger partial charge in [-0.15, -0.1) is 0 Å². The Hall–Kier alpha value is -2.27.